The third-order valence-corrected chi connectivity index (χ3v) is 3.94. The smallest absolute Gasteiger partial charge is 0.275 e. The van der Waals surface area contributed by atoms with Crippen LogP contribution in [-0.2, 0) is 0 Å². The molecule has 0 bridgehead atoms. The maximum atomic E-state index is 12.4. The molecule has 2 aromatic heterocycles. The second-order valence-electron chi connectivity index (χ2n) is 4.76. The lowest BCUT2D eigenvalue weighted by molar-refractivity contribution is 0.102. The Morgan fingerprint density at radius 2 is 1.96 bits per heavy atom. The van der Waals surface area contributed by atoms with Crippen molar-refractivity contribution >= 4 is 34.0 Å². The molecule has 0 aliphatic heterocycles. The molecule has 9 heteroatoms. The number of aromatic nitrogens is 3. The van der Waals surface area contributed by atoms with Gasteiger partial charge in [0.05, 0.1) is 19.9 Å². The van der Waals surface area contributed by atoms with Gasteiger partial charge in [-0.25, -0.2) is 15.0 Å². The van der Waals surface area contributed by atoms with Gasteiger partial charge in [-0.15, -0.1) is 11.3 Å². The van der Waals surface area contributed by atoms with Crippen molar-refractivity contribution in [2.75, 3.05) is 24.9 Å². The molecule has 1 amide bonds. The Morgan fingerprint density at radius 1 is 1.16 bits per heavy atom. The van der Waals surface area contributed by atoms with Gasteiger partial charge < -0.3 is 20.1 Å². The minimum absolute atomic E-state index is 0.279. The predicted octanol–water partition coefficient (Wildman–Crippen LogP) is 2.95. The van der Waals surface area contributed by atoms with E-state index in [4.69, 9.17) is 9.47 Å². The number of carbonyl (C=O) groups excluding carboxylic acids is 1. The quantitative estimate of drug-likeness (QED) is 0.700. The first kappa shape index (κ1) is 16.7. The van der Waals surface area contributed by atoms with Gasteiger partial charge in [-0.1, -0.05) is 0 Å². The van der Waals surface area contributed by atoms with E-state index in [1.807, 2.05) is 0 Å². The van der Waals surface area contributed by atoms with E-state index in [9.17, 15) is 4.79 Å². The first-order chi connectivity index (χ1) is 12.2. The molecule has 0 radical (unpaired) electrons. The fourth-order valence-electron chi connectivity index (χ4n) is 1.98. The van der Waals surface area contributed by atoms with Crippen molar-refractivity contribution in [3.63, 3.8) is 0 Å². The van der Waals surface area contributed by atoms with Crippen LogP contribution in [0.5, 0.6) is 11.5 Å². The Bertz CT molecular complexity index is 869. The lowest BCUT2D eigenvalue weighted by atomic mass is 10.2. The highest BCUT2D eigenvalue weighted by Crippen LogP contribution is 2.29. The standard InChI is InChI=1S/C16H15N5O3S/c1-23-10-4-5-11(13(8-10)24-2)19-14(22)12-9-25-16(20-12)21-15-17-6-3-7-18-15/h3-9H,1-2H3,(H,19,22)(H,17,18,20,21). The van der Waals surface area contributed by atoms with Gasteiger partial charge in [0.15, 0.2) is 5.13 Å². The highest BCUT2D eigenvalue weighted by molar-refractivity contribution is 7.14. The molecule has 0 fully saturated rings. The topological polar surface area (TPSA) is 98.3 Å². The molecular formula is C16H15N5O3S. The SMILES string of the molecule is COc1ccc(NC(=O)c2csc(Nc3ncccn3)n2)c(OC)c1. The summed E-state index contributed by atoms with van der Waals surface area (Å²) in [4.78, 5) is 24.7. The number of ether oxygens (including phenoxy) is 2. The van der Waals surface area contributed by atoms with Crippen LogP contribution < -0.4 is 20.1 Å². The van der Waals surface area contributed by atoms with E-state index >= 15 is 0 Å². The summed E-state index contributed by atoms with van der Waals surface area (Å²) in [6, 6.07) is 6.85. The van der Waals surface area contributed by atoms with Crippen LogP contribution in [0.1, 0.15) is 10.5 Å². The zero-order chi connectivity index (χ0) is 17.6. The fraction of sp³-hybridized carbons (Fsp3) is 0.125. The van der Waals surface area contributed by atoms with Crippen LogP contribution in [0.15, 0.2) is 42.0 Å². The first-order valence-corrected chi connectivity index (χ1v) is 8.10. The second kappa shape index (κ2) is 7.58. The molecule has 2 heterocycles. The average Bonchev–Trinajstić information content (AvgIpc) is 3.11. The summed E-state index contributed by atoms with van der Waals surface area (Å²) in [5.41, 5.74) is 0.809. The van der Waals surface area contributed by atoms with Crippen LogP contribution in [-0.4, -0.2) is 35.1 Å². The van der Waals surface area contributed by atoms with Gasteiger partial charge in [-0.05, 0) is 18.2 Å². The molecule has 3 aromatic rings. The molecule has 0 aliphatic carbocycles. The van der Waals surface area contributed by atoms with Crippen LogP contribution in [0.25, 0.3) is 0 Å². The molecule has 0 spiro atoms. The van der Waals surface area contributed by atoms with Crippen LogP contribution in [0, 0.1) is 0 Å². The molecule has 0 atom stereocenters. The number of nitrogens with zero attached hydrogens (tertiary/aromatic N) is 3. The fourth-order valence-corrected chi connectivity index (χ4v) is 2.67. The number of benzene rings is 1. The van der Waals surface area contributed by atoms with E-state index in [2.05, 4.69) is 25.6 Å². The molecule has 0 saturated heterocycles. The van der Waals surface area contributed by atoms with Crippen molar-refractivity contribution in [1.29, 1.82) is 0 Å². The summed E-state index contributed by atoms with van der Waals surface area (Å²) in [5, 5.41) is 7.89. The minimum atomic E-state index is -0.346. The number of rotatable bonds is 6. The molecule has 8 nitrogen and oxygen atoms in total. The predicted molar refractivity (Wildman–Crippen MR) is 94.9 cm³/mol. The Labute approximate surface area is 147 Å². The van der Waals surface area contributed by atoms with Crippen molar-refractivity contribution in [3.05, 3.63) is 47.7 Å². The second-order valence-corrected chi connectivity index (χ2v) is 5.61. The van der Waals surface area contributed by atoms with E-state index in [0.717, 1.165) is 0 Å². The van der Waals surface area contributed by atoms with E-state index in [1.165, 1.54) is 18.4 Å². The highest BCUT2D eigenvalue weighted by atomic mass is 32.1. The number of anilines is 3. The number of hydrogen-bond donors (Lipinski definition) is 2. The highest BCUT2D eigenvalue weighted by Gasteiger charge is 2.14. The van der Waals surface area contributed by atoms with E-state index < -0.39 is 0 Å². The summed E-state index contributed by atoms with van der Waals surface area (Å²) in [6.45, 7) is 0. The Kier molecular flexibility index (Phi) is 5.05. The van der Waals surface area contributed by atoms with Gasteiger partial charge in [-0.3, -0.25) is 4.79 Å². The van der Waals surface area contributed by atoms with Crippen LogP contribution in [0.2, 0.25) is 0 Å². The Hall–Kier alpha value is -3.20. The van der Waals surface area contributed by atoms with Crippen LogP contribution in [0.4, 0.5) is 16.8 Å². The molecule has 3 rings (SSSR count). The zero-order valence-corrected chi connectivity index (χ0v) is 14.3. The first-order valence-electron chi connectivity index (χ1n) is 7.22. The van der Waals surface area contributed by atoms with Gasteiger partial charge >= 0.3 is 0 Å². The van der Waals surface area contributed by atoms with Crippen molar-refractivity contribution in [1.82, 2.24) is 15.0 Å². The average molecular weight is 357 g/mol. The number of methoxy groups -OCH3 is 2. The number of nitrogens with one attached hydrogen (secondary N) is 2. The van der Waals surface area contributed by atoms with Crippen LogP contribution >= 0.6 is 11.3 Å². The number of amides is 1. The summed E-state index contributed by atoms with van der Waals surface area (Å²) < 4.78 is 10.4. The number of carbonyl (C=O) groups is 1. The molecule has 0 unspecified atom stereocenters. The number of hydrogen-bond acceptors (Lipinski definition) is 8. The minimum Gasteiger partial charge on any atom is -0.497 e. The summed E-state index contributed by atoms with van der Waals surface area (Å²) in [5.74, 6) is 1.21. The lowest BCUT2D eigenvalue weighted by Crippen LogP contribution is -2.13. The van der Waals surface area contributed by atoms with Crippen molar-refractivity contribution in [2.45, 2.75) is 0 Å². The molecular weight excluding hydrogens is 342 g/mol. The van der Waals surface area contributed by atoms with Gasteiger partial charge in [0.25, 0.3) is 5.91 Å². The molecule has 0 saturated carbocycles. The summed E-state index contributed by atoms with van der Waals surface area (Å²) >= 11 is 1.28. The summed E-state index contributed by atoms with van der Waals surface area (Å²) in [6.07, 6.45) is 3.24. The molecule has 128 valence electrons. The van der Waals surface area contributed by atoms with E-state index in [0.29, 0.717) is 28.3 Å². The monoisotopic (exact) mass is 357 g/mol. The normalized spacial score (nSPS) is 10.2. The molecule has 2 N–H and O–H groups in total. The Balaban J connectivity index is 1.72. The van der Waals surface area contributed by atoms with Crippen molar-refractivity contribution in [2.24, 2.45) is 0 Å². The third kappa shape index (κ3) is 4.01. The van der Waals surface area contributed by atoms with Crippen molar-refractivity contribution < 1.29 is 14.3 Å². The Morgan fingerprint density at radius 3 is 2.68 bits per heavy atom. The van der Waals surface area contributed by atoms with Gasteiger partial charge in [-0.2, -0.15) is 0 Å². The number of thiazole rings is 1. The van der Waals surface area contributed by atoms with Gasteiger partial charge in [0.1, 0.15) is 17.2 Å². The van der Waals surface area contributed by atoms with Crippen LogP contribution in [0.3, 0.4) is 0 Å². The molecule has 1 aromatic carbocycles. The zero-order valence-electron chi connectivity index (χ0n) is 13.5. The third-order valence-electron chi connectivity index (χ3n) is 3.18. The summed E-state index contributed by atoms with van der Waals surface area (Å²) in [7, 11) is 3.09. The maximum Gasteiger partial charge on any atom is 0.275 e. The van der Waals surface area contributed by atoms with Gasteiger partial charge in [0, 0.05) is 23.8 Å². The van der Waals surface area contributed by atoms with Gasteiger partial charge in [0.2, 0.25) is 5.95 Å². The molecule has 0 aliphatic rings. The van der Waals surface area contributed by atoms with E-state index in [-0.39, 0.29) is 11.6 Å². The van der Waals surface area contributed by atoms with E-state index in [1.54, 1.807) is 49.1 Å². The van der Waals surface area contributed by atoms with Crippen molar-refractivity contribution in [3.8, 4) is 11.5 Å². The molecule has 25 heavy (non-hydrogen) atoms. The lowest BCUT2D eigenvalue weighted by Gasteiger charge is -2.10. The maximum absolute atomic E-state index is 12.4. The largest absolute Gasteiger partial charge is 0.497 e.